The van der Waals surface area contributed by atoms with Crippen LogP contribution in [0.4, 0.5) is 55.3 Å². The van der Waals surface area contributed by atoms with Gasteiger partial charge < -0.3 is 15.4 Å². The SMILES string of the molecule is O=C(Nc1cccc(C(=O)Nc2c(Cl)cc(C(F)(C(F)(F)F)C(F)(F)F)cc2OC(F)F)c1F)c1ccccc1. The molecule has 40 heavy (non-hydrogen) atoms. The number of rotatable bonds is 7. The van der Waals surface area contributed by atoms with Gasteiger partial charge in [-0.1, -0.05) is 35.9 Å². The molecule has 2 amide bonds. The number of nitrogens with one attached hydrogen (secondary N) is 2. The van der Waals surface area contributed by atoms with Crippen LogP contribution >= 0.6 is 11.6 Å². The lowest BCUT2D eigenvalue weighted by Gasteiger charge is -2.31. The van der Waals surface area contributed by atoms with Crippen LogP contribution in [0, 0.1) is 5.82 Å². The van der Waals surface area contributed by atoms with Crippen LogP contribution in [-0.2, 0) is 5.67 Å². The summed E-state index contributed by atoms with van der Waals surface area (Å²) in [6.45, 7) is -3.89. The molecule has 214 valence electrons. The van der Waals surface area contributed by atoms with Gasteiger partial charge in [-0.15, -0.1) is 0 Å². The Morgan fingerprint density at radius 3 is 1.95 bits per heavy atom. The molecule has 0 saturated heterocycles. The molecule has 2 N–H and O–H groups in total. The first kappa shape index (κ1) is 30.5. The van der Waals surface area contributed by atoms with E-state index in [4.69, 9.17) is 11.6 Å². The second-order valence-electron chi connectivity index (χ2n) is 7.81. The van der Waals surface area contributed by atoms with Crippen molar-refractivity contribution in [3.05, 3.63) is 88.2 Å². The first-order valence-corrected chi connectivity index (χ1v) is 10.9. The molecule has 0 radical (unpaired) electrons. The van der Waals surface area contributed by atoms with Crippen LogP contribution in [0.3, 0.4) is 0 Å². The lowest BCUT2D eigenvalue weighted by atomic mass is 9.93. The average Bonchev–Trinajstić information content (AvgIpc) is 2.85. The highest BCUT2D eigenvalue weighted by molar-refractivity contribution is 6.34. The number of halogens is 11. The minimum absolute atomic E-state index is 0.110. The summed E-state index contributed by atoms with van der Waals surface area (Å²) in [5.74, 6) is -5.23. The molecule has 0 unspecified atom stereocenters. The van der Waals surface area contributed by atoms with Crippen molar-refractivity contribution >= 4 is 34.8 Å². The number of benzene rings is 3. The standard InChI is InChI=1S/C24H13ClF10N2O3/c25-14-9-12(22(29,23(30,31)32)24(33,34)35)10-16(40-21(27)28)18(14)37-20(39)13-7-4-8-15(17(13)26)36-19(38)11-5-2-1-3-6-11/h1-10,21H,(H,36,38)(H,37,39). The fourth-order valence-corrected chi connectivity index (χ4v) is 3.61. The van der Waals surface area contributed by atoms with Crippen LogP contribution in [-0.4, -0.2) is 30.8 Å². The van der Waals surface area contributed by atoms with Gasteiger partial charge in [0, 0.05) is 11.1 Å². The molecule has 3 aromatic rings. The van der Waals surface area contributed by atoms with Crippen LogP contribution < -0.4 is 15.4 Å². The molecular weight excluding hydrogens is 590 g/mol. The third kappa shape index (κ3) is 6.08. The van der Waals surface area contributed by atoms with Gasteiger partial charge in [-0.25, -0.2) is 8.78 Å². The Kier molecular flexibility index (Phi) is 8.57. The highest BCUT2D eigenvalue weighted by Gasteiger charge is 2.73. The molecule has 3 aromatic carbocycles. The summed E-state index contributed by atoms with van der Waals surface area (Å²) >= 11 is 5.67. The van der Waals surface area contributed by atoms with Gasteiger partial charge in [0.2, 0.25) is 0 Å². The molecule has 0 aliphatic carbocycles. The van der Waals surface area contributed by atoms with Crippen molar-refractivity contribution in [2.24, 2.45) is 0 Å². The highest BCUT2D eigenvalue weighted by Crippen LogP contribution is 2.55. The molecule has 0 aliphatic heterocycles. The fraction of sp³-hybridized carbons (Fsp3) is 0.167. The maximum atomic E-state index is 15.0. The number of hydrogen-bond acceptors (Lipinski definition) is 3. The summed E-state index contributed by atoms with van der Waals surface area (Å²) in [4.78, 5) is 25.0. The van der Waals surface area contributed by atoms with E-state index in [0.717, 1.165) is 18.2 Å². The molecule has 0 aromatic heterocycles. The zero-order valence-electron chi connectivity index (χ0n) is 19.2. The number of hydrogen-bond donors (Lipinski definition) is 2. The molecule has 0 bridgehead atoms. The molecule has 0 heterocycles. The van der Waals surface area contributed by atoms with E-state index < -0.39 is 75.5 Å². The fourth-order valence-electron chi connectivity index (χ4n) is 3.35. The Morgan fingerprint density at radius 2 is 1.40 bits per heavy atom. The Labute approximate surface area is 222 Å². The highest BCUT2D eigenvalue weighted by atomic mass is 35.5. The summed E-state index contributed by atoms with van der Waals surface area (Å²) in [5, 5.41) is 2.64. The quantitative estimate of drug-likeness (QED) is 0.271. The van der Waals surface area contributed by atoms with Crippen molar-refractivity contribution in [2.75, 3.05) is 10.6 Å². The number of ether oxygens (including phenoxy) is 1. The van der Waals surface area contributed by atoms with E-state index >= 15 is 4.39 Å². The van der Waals surface area contributed by atoms with Gasteiger partial charge >= 0.3 is 24.6 Å². The largest absolute Gasteiger partial charge is 0.435 e. The van der Waals surface area contributed by atoms with Crippen LogP contribution in [0.5, 0.6) is 5.75 Å². The molecule has 0 fully saturated rings. The van der Waals surface area contributed by atoms with Crippen LogP contribution in [0.25, 0.3) is 0 Å². The van der Waals surface area contributed by atoms with Gasteiger partial charge in [-0.05, 0) is 36.4 Å². The number of carbonyl (C=O) groups excluding carboxylic acids is 2. The topological polar surface area (TPSA) is 67.4 Å². The van der Waals surface area contributed by atoms with E-state index in [9.17, 15) is 49.1 Å². The number of alkyl halides is 9. The smallest absolute Gasteiger partial charge is 0.433 e. The summed E-state index contributed by atoms with van der Waals surface area (Å²) in [6.07, 6.45) is -13.2. The van der Waals surface area contributed by atoms with E-state index in [0.29, 0.717) is 0 Å². The Hall–Kier alpha value is -4.01. The van der Waals surface area contributed by atoms with Crippen molar-refractivity contribution in [1.82, 2.24) is 0 Å². The third-order valence-corrected chi connectivity index (χ3v) is 5.51. The maximum Gasteiger partial charge on any atom is 0.435 e. The van der Waals surface area contributed by atoms with Gasteiger partial charge in [0.15, 0.2) is 11.6 Å². The Balaban J connectivity index is 2.02. The van der Waals surface area contributed by atoms with Crippen molar-refractivity contribution in [3.8, 4) is 5.75 Å². The maximum absolute atomic E-state index is 15.0. The second kappa shape index (κ2) is 11.2. The average molecular weight is 603 g/mol. The molecule has 16 heteroatoms. The van der Waals surface area contributed by atoms with Crippen molar-refractivity contribution in [2.45, 2.75) is 24.6 Å². The van der Waals surface area contributed by atoms with E-state index in [1.807, 2.05) is 0 Å². The first-order chi connectivity index (χ1) is 18.5. The number of anilines is 2. The van der Waals surface area contributed by atoms with Crippen molar-refractivity contribution < 1.29 is 58.2 Å². The van der Waals surface area contributed by atoms with Gasteiger partial charge in [-0.2, -0.15) is 35.1 Å². The number of amides is 2. The lowest BCUT2D eigenvalue weighted by Crippen LogP contribution is -2.50. The summed E-state index contributed by atoms with van der Waals surface area (Å²) in [5.41, 5.74) is -10.7. The molecule has 5 nitrogen and oxygen atoms in total. The zero-order chi connectivity index (χ0) is 30.0. The Bertz CT molecular complexity index is 1400. The van der Waals surface area contributed by atoms with E-state index in [1.54, 1.807) is 11.4 Å². The van der Waals surface area contributed by atoms with Crippen molar-refractivity contribution in [1.29, 1.82) is 0 Å². The second-order valence-corrected chi connectivity index (χ2v) is 8.21. The van der Waals surface area contributed by atoms with Crippen LogP contribution in [0.2, 0.25) is 5.02 Å². The predicted molar refractivity (Wildman–Crippen MR) is 122 cm³/mol. The lowest BCUT2D eigenvalue weighted by molar-refractivity contribution is -0.348. The summed E-state index contributed by atoms with van der Waals surface area (Å²) in [6, 6.07) is 9.82. The van der Waals surface area contributed by atoms with E-state index in [-0.39, 0.29) is 17.7 Å². The minimum Gasteiger partial charge on any atom is -0.433 e. The zero-order valence-corrected chi connectivity index (χ0v) is 20.0. The monoisotopic (exact) mass is 602 g/mol. The van der Waals surface area contributed by atoms with Gasteiger partial charge in [0.1, 0.15) is 5.69 Å². The van der Waals surface area contributed by atoms with Crippen molar-refractivity contribution in [3.63, 3.8) is 0 Å². The van der Waals surface area contributed by atoms with Crippen LogP contribution in [0.15, 0.2) is 60.7 Å². The third-order valence-electron chi connectivity index (χ3n) is 5.22. The molecule has 0 spiro atoms. The first-order valence-electron chi connectivity index (χ1n) is 10.5. The molecule has 0 saturated carbocycles. The number of carbonyl (C=O) groups is 2. The molecule has 3 rings (SSSR count). The summed E-state index contributed by atoms with van der Waals surface area (Å²) in [7, 11) is 0. The van der Waals surface area contributed by atoms with Gasteiger partial charge in [-0.3, -0.25) is 9.59 Å². The van der Waals surface area contributed by atoms with Crippen LogP contribution in [0.1, 0.15) is 26.3 Å². The van der Waals surface area contributed by atoms with E-state index in [1.165, 1.54) is 24.3 Å². The molecular formula is C24H13ClF10N2O3. The predicted octanol–water partition coefficient (Wildman–Crippen LogP) is 7.87. The molecule has 0 atom stereocenters. The van der Waals surface area contributed by atoms with E-state index in [2.05, 4.69) is 10.1 Å². The molecule has 0 aliphatic rings. The minimum atomic E-state index is -6.62. The Morgan fingerprint density at radius 1 is 0.800 bits per heavy atom. The van der Waals surface area contributed by atoms with Gasteiger partial charge in [0.05, 0.1) is 16.3 Å². The normalized spacial score (nSPS) is 12.3. The van der Waals surface area contributed by atoms with Gasteiger partial charge in [0.25, 0.3) is 11.8 Å². The summed E-state index contributed by atoms with van der Waals surface area (Å²) < 4.78 is 138.